The van der Waals surface area contributed by atoms with Gasteiger partial charge in [-0.15, -0.1) is 0 Å². The summed E-state index contributed by atoms with van der Waals surface area (Å²) in [5.74, 6) is 4.64. The van der Waals surface area contributed by atoms with Gasteiger partial charge in [-0.2, -0.15) is 0 Å². The number of H-pyrrole nitrogens is 2. The van der Waals surface area contributed by atoms with Crippen LogP contribution in [0.25, 0.3) is 102 Å². The number of aryl methyl sites for hydroxylation is 8. The van der Waals surface area contributed by atoms with Gasteiger partial charge < -0.3 is 28.9 Å². The van der Waals surface area contributed by atoms with Crippen molar-refractivity contribution in [2.45, 2.75) is 82.8 Å². The fraction of sp³-hybridized carbons (Fsp3) is 0.170. The van der Waals surface area contributed by atoms with Crippen LogP contribution in [0.5, 0.6) is 23.0 Å². The highest BCUT2D eigenvalue weighted by atomic mass is 16.5. The number of methoxy groups -OCH3 is 4. The second-order valence-electron chi connectivity index (χ2n) is 29.4. The normalized spacial score (nSPS) is 14.0. The lowest BCUT2D eigenvalue weighted by atomic mass is 9.88. The summed E-state index contributed by atoms with van der Waals surface area (Å²) in [6.07, 6.45) is 11.6. The topological polar surface area (TPSA) is 137 Å². The van der Waals surface area contributed by atoms with Gasteiger partial charge in [-0.05, 0) is 243 Å². The highest BCUT2D eigenvalue weighted by molar-refractivity contribution is 6.54. The van der Waals surface area contributed by atoms with E-state index < -0.39 is 5.79 Å². The third kappa shape index (κ3) is 13.9. The highest BCUT2D eigenvalue weighted by Gasteiger charge is 2.47. The van der Waals surface area contributed by atoms with E-state index in [1.165, 1.54) is 50.1 Å². The standard InChI is InChI=1S/C50H42N4O2.C50H44N4O2/c1-55-41-27-23-38(24-28-41)45-46(39-25-29-42(56-2)30-26-39)53-50(52-45)44-32-34-12-9-11-33-19-21-35(17-10-18-36(44)22-20-34)43(31-33)49-51-47(37-13-5-3-6-14-37)48(54(49)50)40-15-7-4-8-16-40;1-55-41-27-23-39(24-28-41)47-48(40-25-29-42(56-2)30-26-40)54-50(53-47)44-32-34-12-9-11-33-19-21-35(17-10-18-36(44)22-20-34)43(31-33)49-51-45(37-13-5-3-6-14-37)46(52-49)38-15-7-4-8-16-38/h3-8,13-16,19-32H,9-12,17-18H2,1-2H3;3-8,13-16,19-32H,9-12,17-18H2,1-2H3,(H,51,52)(H,53,54). The Kier molecular flexibility index (Phi) is 19.5. The van der Waals surface area contributed by atoms with Gasteiger partial charge in [0.25, 0.3) is 5.79 Å². The number of fused-ring (bicyclic) bond motifs is 2. The molecule has 15 aromatic rings. The molecular formula is C100H86N8O4. The van der Waals surface area contributed by atoms with E-state index in [-0.39, 0.29) is 0 Å². The first-order chi connectivity index (χ1) is 55.2. The summed E-state index contributed by atoms with van der Waals surface area (Å²) in [5.41, 5.74) is 30.7. The third-order valence-electron chi connectivity index (χ3n) is 22.5. The summed E-state index contributed by atoms with van der Waals surface area (Å²) in [6.45, 7) is 0. The van der Waals surface area contributed by atoms with Crippen molar-refractivity contribution in [3.8, 4) is 125 Å². The molecule has 0 unspecified atom stereocenters. The van der Waals surface area contributed by atoms with E-state index >= 15 is 0 Å². The molecule has 1 spiro atoms. The first kappa shape index (κ1) is 70.5. The molecule has 22 rings (SSSR count). The van der Waals surface area contributed by atoms with E-state index in [2.05, 4.69) is 257 Å². The van der Waals surface area contributed by atoms with Crippen LogP contribution < -0.4 is 18.9 Å². The Morgan fingerprint density at radius 1 is 0.295 bits per heavy atom. The molecule has 0 radical (unpaired) electrons. The first-order valence-corrected chi connectivity index (χ1v) is 39.1. The lowest BCUT2D eigenvalue weighted by Gasteiger charge is -2.33. The lowest BCUT2D eigenvalue weighted by molar-refractivity contribution is 0.403. The van der Waals surface area contributed by atoms with Crippen molar-refractivity contribution in [1.29, 1.82) is 0 Å². The van der Waals surface area contributed by atoms with Crippen molar-refractivity contribution in [1.82, 2.24) is 29.5 Å². The zero-order chi connectivity index (χ0) is 75.5. The molecule has 0 saturated heterocycles. The molecule has 12 heteroatoms. The SMILES string of the molecule is COc1ccc(-c2nc(-c3cc4ccc3CCCc3ccc(cc3-c3nc(-c5ccccc5)c(-c5ccccc5)[nH]3)CCC4)[nH]c2-c2ccc(OC)cc2)cc1.COc1ccc(C2=NC3(N=C2c2ccc(OC)cc2)c2cc4ccc2CCCc2ccc(cc2-c2nc(-c5ccccc5)c(-c5ccccc5)n23)CCC4)cc1. The number of aromatic nitrogens is 6. The largest absolute Gasteiger partial charge is 0.497 e. The zero-order valence-electron chi connectivity index (χ0n) is 63.5. The van der Waals surface area contributed by atoms with Crippen molar-refractivity contribution in [3.05, 3.63) is 352 Å². The molecule has 112 heavy (non-hydrogen) atoms. The summed E-state index contributed by atoms with van der Waals surface area (Å²) < 4.78 is 24.6. The molecule has 4 aliphatic carbocycles. The summed E-state index contributed by atoms with van der Waals surface area (Å²) in [7, 11) is 6.78. The predicted molar refractivity (Wildman–Crippen MR) is 452 cm³/mol. The zero-order valence-corrected chi connectivity index (χ0v) is 63.5. The summed E-state index contributed by atoms with van der Waals surface area (Å²) in [6, 6.07) is 103. The molecular weight excluding hydrogens is 1380 g/mol. The van der Waals surface area contributed by atoms with Crippen molar-refractivity contribution in [2.24, 2.45) is 9.98 Å². The number of benzene rings is 12. The average molecular weight is 1460 g/mol. The quantitative estimate of drug-likeness (QED) is 0.111. The molecule has 0 saturated carbocycles. The average Bonchev–Trinajstić information content (AvgIpc) is 1.53. The molecule has 0 fully saturated rings. The Morgan fingerprint density at radius 3 is 1.06 bits per heavy atom. The number of ether oxygens (including phenoxy) is 4. The molecule has 12 aromatic carbocycles. The predicted octanol–water partition coefficient (Wildman–Crippen LogP) is 22.3. The molecule has 2 N–H and O–H groups in total. The van der Waals surface area contributed by atoms with Gasteiger partial charge in [-0.3, -0.25) is 4.57 Å². The van der Waals surface area contributed by atoms with Gasteiger partial charge in [0.1, 0.15) is 40.5 Å². The number of hydrogen-bond acceptors (Lipinski definition) is 9. The molecule has 7 aliphatic rings. The fourth-order valence-corrected chi connectivity index (χ4v) is 16.7. The van der Waals surface area contributed by atoms with E-state index in [0.29, 0.717) is 0 Å². The maximum absolute atomic E-state index is 6.01. The molecule has 3 aromatic heterocycles. The van der Waals surface area contributed by atoms with Crippen LogP contribution in [-0.2, 0) is 57.2 Å². The van der Waals surface area contributed by atoms with E-state index in [1.54, 1.807) is 28.4 Å². The minimum atomic E-state index is -1.25. The summed E-state index contributed by atoms with van der Waals surface area (Å²) in [4.78, 5) is 36.0. The monoisotopic (exact) mass is 1460 g/mol. The van der Waals surface area contributed by atoms with Crippen LogP contribution in [0.2, 0.25) is 0 Å². The summed E-state index contributed by atoms with van der Waals surface area (Å²) in [5, 5.41) is 0. The van der Waals surface area contributed by atoms with E-state index in [4.69, 9.17) is 43.9 Å². The van der Waals surface area contributed by atoms with Crippen LogP contribution in [-0.4, -0.2) is 69.3 Å². The number of rotatable bonds is 14. The van der Waals surface area contributed by atoms with Crippen LogP contribution in [0.3, 0.4) is 0 Å². The molecule has 12 nitrogen and oxygen atoms in total. The first-order valence-electron chi connectivity index (χ1n) is 39.1. The fourth-order valence-electron chi connectivity index (χ4n) is 16.7. The Hall–Kier alpha value is -13.2. The van der Waals surface area contributed by atoms with E-state index in [1.807, 2.05) is 48.5 Å². The minimum Gasteiger partial charge on any atom is -0.497 e. The molecule has 0 atom stereocenters. The second-order valence-corrected chi connectivity index (χ2v) is 29.4. The van der Waals surface area contributed by atoms with Crippen LogP contribution in [0.15, 0.2) is 301 Å². The number of imidazole rings is 3. The van der Waals surface area contributed by atoms with E-state index in [9.17, 15) is 0 Å². The van der Waals surface area contributed by atoms with Crippen LogP contribution in [0.1, 0.15) is 86.9 Å². The number of nitrogens with zero attached hydrogens (tertiary/aromatic N) is 6. The molecule has 8 bridgehead atoms. The van der Waals surface area contributed by atoms with Crippen molar-refractivity contribution >= 4 is 11.4 Å². The summed E-state index contributed by atoms with van der Waals surface area (Å²) >= 11 is 0. The second kappa shape index (κ2) is 31.1. The minimum absolute atomic E-state index is 0.788. The van der Waals surface area contributed by atoms with Crippen molar-refractivity contribution in [3.63, 3.8) is 0 Å². The lowest BCUT2D eigenvalue weighted by Crippen LogP contribution is -2.33. The van der Waals surface area contributed by atoms with Gasteiger partial charge >= 0.3 is 0 Å². The van der Waals surface area contributed by atoms with Gasteiger partial charge in [0.05, 0.1) is 74.0 Å². The third-order valence-corrected chi connectivity index (χ3v) is 22.5. The number of hydrogen-bond donors (Lipinski definition) is 2. The van der Waals surface area contributed by atoms with Crippen LogP contribution >= 0.6 is 0 Å². The Balaban J connectivity index is 0.000000156. The van der Waals surface area contributed by atoms with Gasteiger partial charge in [0.2, 0.25) is 0 Å². The number of aliphatic imine (C=N–C) groups is 2. The molecule has 3 aliphatic heterocycles. The van der Waals surface area contributed by atoms with Gasteiger partial charge in [0, 0.05) is 66.8 Å². The molecule has 550 valence electrons. The molecule has 6 heterocycles. The van der Waals surface area contributed by atoms with E-state index in [0.717, 1.165) is 224 Å². The van der Waals surface area contributed by atoms with Crippen molar-refractivity contribution in [2.75, 3.05) is 28.4 Å². The van der Waals surface area contributed by atoms with Crippen LogP contribution in [0.4, 0.5) is 0 Å². The Labute approximate surface area is 654 Å². The Morgan fingerprint density at radius 2 is 0.625 bits per heavy atom. The van der Waals surface area contributed by atoms with Gasteiger partial charge in [-0.1, -0.05) is 170 Å². The van der Waals surface area contributed by atoms with Crippen LogP contribution in [0, 0.1) is 0 Å². The maximum atomic E-state index is 6.01. The van der Waals surface area contributed by atoms with Gasteiger partial charge in [0.15, 0.2) is 0 Å². The smallest absolute Gasteiger partial charge is 0.261 e. The van der Waals surface area contributed by atoms with Crippen molar-refractivity contribution < 1.29 is 18.9 Å². The highest BCUT2D eigenvalue weighted by Crippen LogP contribution is 2.50. The Bertz CT molecular complexity index is 5780. The number of aromatic amines is 2. The maximum Gasteiger partial charge on any atom is 0.261 e. The molecule has 0 amide bonds. The van der Waals surface area contributed by atoms with Gasteiger partial charge in [-0.25, -0.2) is 24.9 Å². The number of nitrogens with one attached hydrogen (secondary N) is 2.